The van der Waals surface area contributed by atoms with Crippen LogP contribution in [0, 0.1) is 0 Å². The Kier molecular flexibility index (Phi) is 5.01. The average Bonchev–Trinajstić information content (AvgIpc) is 3.35. The minimum absolute atomic E-state index is 0.0594. The van der Waals surface area contributed by atoms with Crippen LogP contribution in [-0.4, -0.2) is 33.7 Å². The Bertz CT molecular complexity index is 1220. The summed E-state index contributed by atoms with van der Waals surface area (Å²) in [6, 6.07) is 18.5. The van der Waals surface area contributed by atoms with Crippen LogP contribution in [0.1, 0.15) is 51.0 Å². The lowest BCUT2D eigenvalue weighted by Gasteiger charge is -2.41. The fourth-order valence-electron chi connectivity index (χ4n) is 4.57. The quantitative estimate of drug-likeness (QED) is 0.655. The van der Waals surface area contributed by atoms with Crippen molar-refractivity contribution < 1.29 is 14.4 Å². The van der Waals surface area contributed by atoms with Crippen molar-refractivity contribution in [3.05, 3.63) is 89.2 Å². The molecule has 0 aliphatic carbocycles. The number of amides is 3. The molecule has 3 heterocycles. The first-order chi connectivity index (χ1) is 15.6. The molecule has 162 valence electrons. The lowest BCUT2D eigenvalue weighted by atomic mass is 10.0. The highest BCUT2D eigenvalue weighted by atomic mass is 16.2. The van der Waals surface area contributed by atoms with Gasteiger partial charge in [-0.1, -0.05) is 30.3 Å². The molecule has 5 rings (SSSR count). The molecule has 2 aliphatic rings. The van der Waals surface area contributed by atoms with Crippen molar-refractivity contribution in [1.29, 1.82) is 0 Å². The molecular weight excluding hydrogens is 404 g/mol. The number of fused-ring (bicyclic) bond motifs is 5. The molecule has 0 bridgehead atoms. The van der Waals surface area contributed by atoms with E-state index in [2.05, 4.69) is 5.32 Å². The monoisotopic (exact) mass is 428 g/mol. The van der Waals surface area contributed by atoms with Crippen molar-refractivity contribution in [3.8, 4) is 0 Å². The molecule has 7 heteroatoms. The van der Waals surface area contributed by atoms with Crippen molar-refractivity contribution in [2.24, 2.45) is 7.05 Å². The third-order valence-electron chi connectivity index (χ3n) is 6.20. The Morgan fingerprint density at radius 3 is 2.47 bits per heavy atom. The van der Waals surface area contributed by atoms with Gasteiger partial charge < -0.3 is 14.8 Å². The number of nitrogens with zero attached hydrogens (tertiary/aromatic N) is 3. The van der Waals surface area contributed by atoms with Crippen LogP contribution < -0.4 is 10.2 Å². The second-order valence-electron chi connectivity index (χ2n) is 8.14. The van der Waals surface area contributed by atoms with Gasteiger partial charge in [-0.05, 0) is 36.8 Å². The number of aromatic nitrogens is 1. The summed E-state index contributed by atoms with van der Waals surface area (Å²) in [7, 11) is 1.94. The number of hydrogen-bond donors (Lipinski definition) is 1. The number of anilines is 1. The summed E-state index contributed by atoms with van der Waals surface area (Å²) < 4.78 is 1.97. The number of hydrogen-bond acceptors (Lipinski definition) is 3. The van der Waals surface area contributed by atoms with Crippen molar-refractivity contribution in [3.63, 3.8) is 0 Å². The maximum Gasteiger partial charge on any atom is 0.260 e. The van der Waals surface area contributed by atoms with Gasteiger partial charge in [0, 0.05) is 43.0 Å². The van der Waals surface area contributed by atoms with Crippen molar-refractivity contribution in [2.45, 2.75) is 25.6 Å². The molecule has 2 aliphatic heterocycles. The molecule has 1 aromatic heterocycles. The highest BCUT2D eigenvalue weighted by molar-refractivity contribution is 6.16. The highest BCUT2D eigenvalue weighted by Crippen LogP contribution is 2.45. The van der Waals surface area contributed by atoms with Crippen LogP contribution in [0.5, 0.6) is 0 Å². The molecule has 7 nitrogen and oxygen atoms in total. The van der Waals surface area contributed by atoms with E-state index in [1.165, 1.54) is 0 Å². The van der Waals surface area contributed by atoms with E-state index in [0.717, 1.165) is 11.3 Å². The second kappa shape index (κ2) is 8.00. The summed E-state index contributed by atoms with van der Waals surface area (Å²) in [5, 5.41) is 2.93. The number of rotatable bonds is 6. The highest BCUT2D eigenvalue weighted by Gasteiger charge is 2.47. The molecule has 3 aromatic rings. The first-order valence-electron chi connectivity index (χ1n) is 10.8. The van der Waals surface area contributed by atoms with E-state index in [-0.39, 0.29) is 17.7 Å². The van der Waals surface area contributed by atoms with E-state index < -0.39 is 6.17 Å². The van der Waals surface area contributed by atoms with E-state index in [9.17, 15) is 14.4 Å². The zero-order valence-corrected chi connectivity index (χ0v) is 17.8. The SMILES string of the molecule is Cn1cccc1CNC(=O)CCCN1C(=O)c2ccccc2N2C(=O)c3ccccc3[C@H]12. The Labute approximate surface area is 186 Å². The van der Waals surface area contributed by atoms with E-state index in [1.807, 2.05) is 60.3 Å². The number of benzene rings is 2. The number of carbonyl (C=O) groups excluding carboxylic acids is 3. The predicted octanol–water partition coefficient (Wildman–Crippen LogP) is 3.24. The summed E-state index contributed by atoms with van der Waals surface area (Å²) in [4.78, 5) is 42.3. The molecule has 32 heavy (non-hydrogen) atoms. The van der Waals surface area contributed by atoms with Crippen LogP contribution in [0.25, 0.3) is 0 Å². The van der Waals surface area contributed by atoms with Crippen LogP contribution in [0.3, 0.4) is 0 Å². The first-order valence-corrected chi connectivity index (χ1v) is 10.8. The minimum atomic E-state index is -0.479. The van der Waals surface area contributed by atoms with Gasteiger partial charge in [-0.3, -0.25) is 19.3 Å². The topological polar surface area (TPSA) is 74.7 Å². The van der Waals surface area contributed by atoms with Gasteiger partial charge in [0.25, 0.3) is 11.8 Å². The maximum atomic E-state index is 13.4. The van der Waals surface area contributed by atoms with Crippen molar-refractivity contribution in [2.75, 3.05) is 11.4 Å². The van der Waals surface area contributed by atoms with Gasteiger partial charge >= 0.3 is 0 Å². The van der Waals surface area contributed by atoms with Crippen LogP contribution in [0.2, 0.25) is 0 Å². The van der Waals surface area contributed by atoms with Gasteiger partial charge in [-0.2, -0.15) is 0 Å². The predicted molar refractivity (Wildman–Crippen MR) is 120 cm³/mol. The standard InChI is InChI=1S/C25H24N4O3/c1-27-14-6-8-17(27)16-26-22(30)13-7-15-28-23-18-9-2-3-10-19(18)25(32)29(23)21-12-5-4-11-20(21)24(28)31/h2-6,8-12,14,23H,7,13,15-16H2,1H3,(H,26,30)/t23-/m1/s1. The van der Waals surface area contributed by atoms with Gasteiger partial charge in [0.1, 0.15) is 6.17 Å². The first kappa shape index (κ1) is 20.1. The van der Waals surface area contributed by atoms with Gasteiger partial charge in [-0.15, -0.1) is 0 Å². The third kappa shape index (κ3) is 3.26. The third-order valence-corrected chi connectivity index (χ3v) is 6.20. The lowest BCUT2D eigenvalue weighted by molar-refractivity contribution is -0.121. The number of aryl methyl sites for hydroxylation is 1. The molecule has 0 fully saturated rings. The summed E-state index contributed by atoms with van der Waals surface area (Å²) >= 11 is 0. The van der Waals surface area contributed by atoms with E-state index in [0.29, 0.717) is 42.7 Å². The van der Waals surface area contributed by atoms with E-state index in [4.69, 9.17) is 0 Å². The van der Waals surface area contributed by atoms with Crippen LogP contribution in [0.4, 0.5) is 5.69 Å². The fourth-order valence-corrected chi connectivity index (χ4v) is 4.57. The summed E-state index contributed by atoms with van der Waals surface area (Å²) in [5.74, 6) is -0.276. The molecule has 3 amide bonds. The van der Waals surface area contributed by atoms with E-state index in [1.54, 1.807) is 28.0 Å². The molecule has 1 atom stereocenters. The number of nitrogens with one attached hydrogen (secondary N) is 1. The molecule has 0 saturated heterocycles. The molecule has 0 spiro atoms. The maximum absolute atomic E-state index is 13.4. The largest absolute Gasteiger partial charge is 0.353 e. The summed E-state index contributed by atoms with van der Waals surface area (Å²) in [5.41, 5.74) is 3.62. The van der Waals surface area contributed by atoms with Crippen molar-refractivity contribution in [1.82, 2.24) is 14.8 Å². The minimum Gasteiger partial charge on any atom is -0.353 e. The molecular formula is C25H24N4O3. The lowest BCUT2D eigenvalue weighted by Crippen LogP contribution is -2.48. The molecule has 0 saturated carbocycles. The average molecular weight is 428 g/mol. The Balaban J connectivity index is 1.33. The van der Waals surface area contributed by atoms with E-state index >= 15 is 0 Å². The molecule has 0 radical (unpaired) electrons. The van der Waals surface area contributed by atoms with Gasteiger partial charge in [-0.25, -0.2) is 0 Å². The summed E-state index contributed by atoms with van der Waals surface area (Å²) in [6.07, 6.45) is 2.27. The zero-order valence-electron chi connectivity index (χ0n) is 17.8. The number of carbonyl (C=O) groups is 3. The van der Waals surface area contributed by atoms with Crippen molar-refractivity contribution >= 4 is 23.4 Å². The Morgan fingerprint density at radius 2 is 1.69 bits per heavy atom. The van der Waals surface area contributed by atoms with Gasteiger partial charge in [0.05, 0.1) is 17.8 Å². The Morgan fingerprint density at radius 1 is 0.938 bits per heavy atom. The fraction of sp³-hybridized carbons (Fsp3) is 0.240. The summed E-state index contributed by atoms with van der Waals surface area (Å²) in [6.45, 7) is 0.851. The molecule has 0 unspecified atom stereocenters. The van der Waals surface area contributed by atoms with Gasteiger partial charge in [0.2, 0.25) is 5.91 Å². The van der Waals surface area contributed by atoms with Gasteiger partial charge in [0.15, 0.2) is 0 Å². The second-order valence-corrected chi connectivity index (χ2v) is 8.14. The molecule has 1 N–H and O–H groups in total. The smallest absolute Gasteiger partial charge is 0.260 e. The Hall–Kier alpha value is -3.87. The van der Waals surface area contributed by atoms with Crippen LogP contribution >= 0.6 is 0 Å². The van der Waals surface area contributed by atoms with Crippen LogP contribution in [0.15, 0.2) is 66.9 Å². The molecule has 2 aromatic carbocycles. The number of para-hydroxylation sites is 1. The zero-order chi connectivity index (χ0) is 22.2. The normalized spacial score (nSPS) is 16.6. The van der Waals surface area contributed by atoms with Crippen LogP contribution in [-0.2, 0) is 18.4 Å².